The fourth-order valence-corrected chi connectivity index (χ4v) is 1.12. The monoisotopic (exact) mass is 179 g/mol. The van der Waals surface area contributed by atoms with Gasteiger partial charge < -0.3 is 14.2 Å². The zero-order chi connectivity index (χ0) is 9.26. The lowest BCUT2D eigenvalue weighted by Gasteiger charge is -2.02. The molecule has 0 amide bonds. The normalized spacial score (nSPS) is 18.4. The molecule has 0 saturated carbocycles. The zero-order valence-corrected chi connectivity index (χ0v) is 6.94. The molecule has 1 aliphatic rings. The van der Waals surface area contributed by atoms with E-state index in [1.54, 1.807) is 12.1 Å². The largest absolute Gasteiger partial charge is 0.493 e. The van der Waals surface area contributed by atoms with Crippen LogP contribution < -0.4 is 14.2 Å². The molecule has 1 unspecified atom stereocenters. The summed E-state index contributed by atoms with van der Waals surface area (Å²) in [6.45, 7) is 0. The number of fused-ring (bicyclic) bond motifs is 1. The van der Waals surface area contributed by atoms with E-state index in [2.05, 4.69) is 6.07 Å². The van der Waals surface area contributed by atoms with E-state index in [9.17, 15) is 4.79 Å². The lowest BCUT2D eigenvalue weighted by Crippen LogP contribution is -2.18. The Labute approximate surface area is 75.0 Å². The number of carbonyl (C=O) groups excluding carboxylic acids is 1. The molecule has 0 spiro atoms. The second kappa shape index (κ2) is 2.97. The Balaban J connectivity index is 2.38. The van der Waals surface area contributed by atoms with Gasteiger partial charge in [0.15, 0.2) is 11.5 Å². The van der Waals surface area contributed by atoms with E-state index in [0.717, 1.165) is 0 Å². The zero-order valence-electron chi connectivity index (χ0n) is 6.94. The first-order valence-electron chi connectivity index (χ1n) is 3.72. The molecule has 67 valence electrons. The predicted octanol–water partition coefficient (Wildman–Crippen LogP) is 0.792. The van der Waals surface area contributed by atoms with E-state index in [0.29, 0.717) is 23.5 Å². The van der Waals surface area contributed by atoms with Crippen LogP contribution in [0.25, 0.3) is 0 Å². The Kier molecular flexibility index (Phi) is 1.81. The van der Waals surface area contributed by atoms with Crippen LogP contribution in [0, 0.1) is 6.07 Å². The quantitative estimate of drug-likeness (QED) is 0.629. The molecule has 1 radical (unpaired) electrons. The summed E-state index contributed by atoms with van der Waals surface area (Å²) in [5, 5.41) is 0. The minimum atomic E-state index is -0.861. The maximum Gasteiger partial charge on any atom is 0.298 e. The summed E-state index contributed by atoms with van der Waals surface area (Å²) < 4.78 is 15.2. The van der Waals surface area contributed by atoms with Crippen LogP contribution in [0.4, 0.5) is 0 Å². The molecule has 13 heavy (non-hydrogen) atoms. The first-order chi connectivity index (χ1) is 6.35. The van der Waals surface area contributed by atoms with Gasteiger partial charge in [0.1, 0.15) is 0 Å². The lowest BCUT2D eigenvalue weighted by molar-refractivity contribution is -0.121. The average Bonchev–Trinajstić information content (AvgIpc) is 2.59. The predicted molar refractivity (Wildman–Crippen MR) is 42.9 cm³/mol. The van der Waals surface area contributed by atoms with Gasteiger partial charge >= 0.3 is 0 Å². The molecule has 0 N–H and O–H groups in total. The molecule has 0 saturated heterocycles. The third-order valence-corrected chi connectivity index (χ3v) is 1.68. The number of benzene rings is 1. The van der Waals surface area contributed by atoms with Crippen LogP contribution in [0.5, 0.6) is 17.2 Å². The summed E-state index contributed by atoms with van der Waals surface area (Å²) in [5.41, 5.74) is 0. The number of methoxy groups -OCH3 is 1. The highest BCUT2D eigenvalue weighted by atomic mass is 16.7. The van der Waals surface area contributed by atoms with Crippen LogP contribution >= 0.6 is 0 Å². The molecule has 1 aromatic carbocycles. The van der Waals surface area contributed by atoms with Gasteiger partial charge in [-0.15, -0.1) is 0 Å². The average molecular weight is 179 g/mol. The van der Waals surface area contributed by atoms with Crippen molar-refractivity contribution in [2.45, 2.75) is 6.29 Å². The van der Waals surface area contributed by atoms with E-state index >= 15 is 0 Å². The highest BCUT2D eigenvalue weighted by molar-refractivity contribution is 5.61. The van der Waals surface area contributed by atoms with Crippen molar-refractivity contribution in [3.8, 4) is 17.2 Å². The summed E-state index contributed by atoms with van der Waals surface area (Å²) in [6, 6.07) is 6.03. The van der Waals surface area contributed by atoms with Crippen molar-refractivity contribution in [1.82, 2.24) is 0 Å². The van der Waals surface area contributed by atoms with E-state index in [4.69, 9.17) is 14.2 Å². The van der Waals surface area contributed by atoms with Gasteiger partial charge in [-0.25, -0.2) is 0 Å². The summed E-state index contributed by atoms with van der Waals surface area (Å²) in [5.74, 6) is 1.46. The van der Waals surface area contributed by atoms with Gasteiger partial charge in [-0.2, -0.15) is 0 Å². The standard InChI is InChI=1S/C9H7O4/c1-11-6-3-2-4-7-9(6)13-8(5-10)12-7/h3-5,8H,1H3. The maximum atomic E-state index is 10.4. The molecule has 1 atom stereocenters. The van der Waals surface area contributed by atoms with Gasteiger partial charge in [0.05, 0.1) is 7.11 Å². The first-order valence-corrected chi connectivity index (χ1v) is 3.72. The highest BCUT2D eigenvalue weighted by Gasteiger charge is 2.26. The molecule has 0 fully saturated rings. The second-order valence-corrected chi connectivity index (χ2v) is 2.46. The molecule has 0 aromatic heterocycles. The minimum absolute atomic E-state index is 0.457. The lowest BCUT2D eigenvalue weighted by atomic mass is 10.3. The van der Waals surface area contributed by atoms with Crippen molar-refractivity contribution in [2.75, 3.05) is 7.11 Å². The van der Waals surface area contributed by atoms with Crippen molar-refractivity contribution in [3.05, 3.63) is 18.2 Å². The Morgan fingerprint density at radius 3 is 3.08 bits per heavy atom. The van der Waals surface area contributed by atoms with Crippen molar-refractivity contribution in [1.29, 1.82) is 0 Å². The molecule has 1 aromatic rings. The first kappa shape index (κ1) is 7.91. The molecule has 4 heteroatoms. The Hall–Kier alpha value is -1.71. The Morgan fingerprint density at radius 2 is 2.38 bits per heavy atom. The van der Waals surface area contributed by atoms with Crippen LogP contribution in [0.2, 0.25) is 0 Å². The number of aldehydes is 1. The van der Waals surface area contributed by atoms with Crippen LogP contribution in [-0.4, -0.2) is 19.7 Å². The van der Waals surface area contributed by atoms with Crippen molar-refractivity contribution >= 4 is 6.29 Å². The summed E-state index contributed by atoms with van der Waals surface area (Å²) >= 11 is 0. The van der Waals surface area contributed by atoms with Gasteiger partial charge in [0, 0.05) is 0 Å². The topological polar surface area (TPSA) is 44.8 Å². The molecule has 1 aliphatic heterocycles. The molecule has 4 nitrogen and oxygen atoms in total. The SMILES string of the molecule is COc1c[c]cc2c1OC(C=O)O2. The number of hydrogen-bond donors (Lipinski definition) is 0. The van der Waals surface area contributed by atoms with Gasteiger partial charge in [0.25, 0.3) is 6.29 Å². The van der Waals surface area contributed by atoms with E-state index in [1.165, 1.54) is 7.11 Å². The molecular formula is C9H7O4. The molecule has 1 heterocycles. The minimum Gasteiger partial charge on any atom is -0.493 e. The van der Waals surface area contributed by atoms with E-state index in [-0.39, 0.29) is 0 Å². The smallest absolute Gasteiger partial charge is 0.298 e. The molecule has 0 aliphatic carbocycles. The van der Waals surface area contributed by atoms with Crippen molar-refractivity contribution < 1.29 is 19.0 Å². The fraction of sp³-hybridized carbons (Fsp3) is 0.222. The molecule has 2 rings (SSSR count). The Morgan fingerprint density at radius 1 is 1.54 bits per heavy atom. The third-order valence-electron chi connectivity index (χ3n) is 1.68. The van der Waals surface area contributed by atoms with Crippen LogP contribution in [-0.2, 0) is 4.79 Å². The van der Waals surface area contributed by atoms with Crippen LogP contribution in [0.3, 0.4) is 0 Å². The van der Waals surface area contributed by atoms with Gasteiger partial charge in [-0.1, -0.05) is 0 Å². The van der Waals surface area contributed by atoms with Gasteiger partial charge in [-0.05, 0) is 18.2 Å². The van der Waals surface area contributed by atoms with Crippen LogP contribution in [0.15, 0.2) is 12.1 Å². The van der Waals surface area contributed by atoms with E-state index in [1.807, 2.05) is 0 Å². The van der Waals surface area contributed by atoms with E-state index < -0.39 is 6.29 Å². The third kappa shape index (κ3) is 1.20. The van der Waals surface area contributed by atoms with Crippen molar-refractivity contribution in [2.24, 2.45) is 0 Å². The number of ether oxygens (including phenoxy) is 3. The van der Waals surface area contributed by atoms with Gasteiger partial charge in [-0.3, -0.25) is 4.79 Å². The van der Waals surface area contributed by atoms with Gasteiger partial charge in [0.2, 0.25) is 12.0 Å². The summed E-state index contributed by atoms with van der Waals surface area (Å²) in [4.78, 5) is 10.4. The molecular weight excluding hydrogens is 172 g/mol. The number of carbonyl (C=O) groups is 1. The molecule has 0 bridgehead atoms. The number of rotatable bonds is 2. The fourth-order valence-electron chi connectivity index (χ4n) is 1.12. The second-order valence-electron chi connectivity index (χ2n) is 2.46. The Bertz CT molecular complexity index is 334. The number of hydrogen-bond acceptors (Lipinski definition) is 4. The summed E-state index contributed by atoms with van der Waals surface area (Å²) in [6.07, 6.45) is -0.279. The maximum absolute atomic E-state index is 10.4. The van der Waals surface area contributed by atoms with Crippen LogP contribution in [0.1, 0.15) is 0 Å². The van der Waals surface area contributed by atoms with Crippen molar-refractivity contribution in [3.63, 3.8) is 0 Å². The summed E-state index contributed by atoms with van der Waals surface area (Å²) in [7, 11) is 1.51. The highest BCUT2D eigenvalue weighted by Crippen LogP contribution is 2.41.